The summed E-state index contributed by atoms with van der Waals surface area (Å²) in [6.07, 6.45) is 0. The molecule has 24 aromatic carbocycles. The minimum absolute atomic E-state index is 1.16. The fourth-order valence-corrected chi connectivity index (χ4v) is 23.4. The molecule has 0 saturated carbocycles. The second kappa shape index (κ2) is 37.4. The number of nitrogens with zero attached hydrogens (tertiary/aromatic N) is 6. The van der Waals surface area contributed by atoms with Crippen molar-refractivity contribution in [3.63, 3.8) is 0 Å². The first-order chi connectivity index (χ1) is 74.4. The van der Waals surface area contributed by atoms with E-state index in [-0.39, 0.29) is 0 Å². The summed E-state index contributed by atoms with van der Waals surface area (Å²) in [5, 5.41) is 15.0. The smallest absolute Gasteiger partial charge is 0.0541 e. The normalized spacial score (nSPS) is 11.6. The molecule has 30 rings (SSSR count). The Hall–Kier alpha value is -19.9. The van der Waals surface area contributed by atoms with Crippen LogP contribution < -0.4 is 0 Å². The van der Waals surface area contributed by atoms with E-state index in [0.29, 0.717) is 0 Å². The van der Waals surface area contributed by atoms with Crippen molar-refractivity contribution in [3.05, 3.63) is 582 Å². The van der Waals surface area contributed by atoms with Crippen LogP contribution in [0.15, 0.2) is 582 Å². The van der Waals surface area contributed by atoms with Crippen molar-refractivity contribution < 1.29 is 0 Å². The number of hydrogen-bond acceptors (Lipinski definition) is 0. The van der Waals surface area contributed by atoms with Crippen LogP contribution in [0.25, 0.3) is 265 Å². The summed E-state index contributed by atoms with van der Waals surface area (Å²) in [6.45, 7) is 0. The summed E-state index contributed by atoms with van der Waals surface area (Å²) in [5.74, 6) is 0. The number of aromatic nitrogens is 6. The minimum Gasteiger partial charge on any atom is -0.309 e. The highest BCUT2D eigenvalue weighted by Crippen LogP contribution is 2.47. The number of benzene rings is 24. The maximum atomic E-state index is 2.43. The molecule has 0 fully saturated rings. The van der Waals surface area contributed by atoms with Crippen molar-refractivity contribution in [2.24, 2.45) is 0 Å². The Morgan fingerprint density at radius 1 is 0.0867 bits per heavy atom. The van der Waals surface area contributed by atoms with Crippen LogP contribution in [0.3, 0.4) is 0 Å². The highest BCUT2D eigenvalue weighted by atomic mass is 15.0. The zero-order valence-corrected chi connectivity index (χ0v) is 82.1. The van der Waals surface area contributed by atoms with Crippen molar-refractivity contribution in [2.45, 2.75) is 0 Å². The number of hydrogen-bond donors (Lipinski definition) is 0. The van der Waals surface area contributed by atoms with Crippen molar-refractivity contribution in [2.75, 3.05) is 0 Å². The van der Waals surface area contributed by atoms with Gasteiger partial charge in [0.05, 0.1) is 77.6 Å². The predicted octanol–water partition coefficient (Wildman–Crippen LogP) is 38.6. The van der Waals surface area contributed by atoms with E-state index in [1.165, 1.54) is 242 Å². The van der Waals surface area contributed by atoms with Crippen molar-refractivity contribution >= 4 is 131 Å². The molecule has 702 valence electrons. The fraction of sp³-hybridized carbons (Fsp3) is 0. The third-order valence-corrected chi connectivity index (χ3v) is 30.4. The first-order valence-electron chi connectivity index (χ1n) is 51.6. The predicted molar refractivity (Wildman–Crippen MR) is 634 cm³/mol. The van der Waals surface area contributed by atoms with Crippen LogP contribution in [-0.2, 0) is 0 Å². The number of para-hydroxylation sites is 8. The molecule has 0 aliphatic carbocycles. The van der Waals surface area contributed by atoms with E-state index in [4.69, 9.17) is 0 Å². The molecule has 0 spiro atoms. The average molecular weight is 1910 g/mol. The summed E-state index contributed by atoms with van der Waals surface area (Å²) in [4.78, 5) is 0. The summed E-state index contributed by atoms with van der Waals surface area (Å²) in [7, 11) is 0. The van der Waals surface area contributed by atoms with Crippen molar-refractivity contribution in [3.8, 4) is 134 Å². The molecule has 0 saturated heterocycles. The molecule has 0 unspecified atom stereocenters. The molecule has 6 heteroatoms. The maximum Gasteiger partial charge on any atom is 0.0541 e. The number of rotatable bonds is 15. The maximum absolute atomic E-state index is 2.43. The van der Waals surface area contributed by atoms with E-state index in [0.717, 1.165) is 22.7 Å². The first kappa shape index (κ1) is 87.8. The van der Waals surface area contributed by atoms with Gasteiger partial charge >= 0.3 is 0 Å². The van der Waals surface area contributed by atoms with E-state index < -0.39 is 0 Å². The molecule has 6 aromatic heterocycles. The van der Waals surface area contributed by atoms with Crippen LogP contribution >= 0.6 is 0 Å². The van der Waals surface area contributed by atoms with Crippen LogP contribution in [0.1, 0.15) is 0 Å². The van der Waals surface area contributed by atoms with Crippen LogP contribution in [-0.4, -0.2) is 27.4 Å². The van der Waals surface area contributed by atoms with Crippen LogP contribution in [0.5, 0.6) is 0 Å². The van der Waals surface area contributed by atoms with Gasteiger partial charge in [-0.15, -0.1) is 0 Å². The van der Waals surface area contributed by atoms with Crippen LogP contribution in [0.4, 0.5) is 0 Å². The van der Waals surface area contributed by atoms with Crippen molar-refractivity contribution in [1.82, 2.24) is 27.4 Å². The second-order valence-electron chi connectivity index (χ2n) is 38.9. The lowest BCUT2D eigenvalue weighted by Gasteiger charge is -2.14. The highest BCUT2D eigenvalue weighted by Gasteiger charge is 2.25. The first-order valence-corrected chi connectivity index (χ1v) is 51.6. The van der Waals surface area contributed by atoms with Gasteiger partial charge in [0.1, 0.15) is 0 Å². The lowest BCUT2D eigenvalue weighted by Crippen LogP contribution is -1.97. The van der Waals surface area contributed by atoms with Crippen molar-refractivity contribution in [1.29, 1.82) is 0 Å². The lowest BCUT2D eigenvalue weighted by molar-refractivity contribution is 1.18. The summed E-state index contributed by atoms with van der Waals surface area (Å²) < 4.78 is 14.4. The Balaban J connectivity index is 0.000000108. The summed E-state index contributed by atoms with van der Waals surface area (Å²) in [6, 6.07) is 211. The SMILES string of the molecule is c1ccc(-c2ccc(-n3c4ccccc4c4cc(-c5ccc6c(c5)c5ccccc5n6-c5cccc(-c6ccccc6)c5)ccc43)cc2)cc1.c1ccc(-c2ccc(-n3c4ccccc4c4cc(-c5ccc6c(c5)c5ccccc5n6-c5ccccc5-c5ccccc5)ccc43)cc2)cc1.c1ccc(-c2cccc(-n3c4ccccc4c4cc(-c5ccc6c(c5)c5ccccc5n6-c5ccccc5-c5ccccc5)ccc43)c2)cc1. The Morgan fingerprint density at radius 2 is 0.260 bits per heavy atom. The van der Waals surface area contributed by atoms with E-state index >= 15 is 0 Å². The van der Waals surface area contributed by atoms with Gasteiger partial charge in [0.2, 0.25) is 0 Å². The summed E-state index contributed by atoms with van der Waals surface area (Å²) in [5.41, 5.74) is 43.4. The van der Waals surface area contributed by atoms with Crippen LogP contribution in [0.2, 0.25) is 0 Å². The molecular weight excluding hydrogens is 1810 g/mol. The van der Waals surface area contributed by atoms with Gasteiger partial charge in [0.15, 0.2) is 0 Å². The monoisotopic (exact) mass is 1910 g/mol. The Kier molecular flexibility index (Phi) is 21.9. The second-order valence-corrected chi connectivity index (χ2v) is 38.9. The highest BCUT2D eigenvalue weighted by molar-refractivity contribution is 6.18. The molecule has 0 aliphatic heterocycles. The van der Waals surface area contributed by atoms with Crippen LogP contribution in [0, 0.1) is 0 Å². The molecule has 6 heterocycles. The fourth-order valence-electron chi connectivity index (χ4n) is 23.4. The van der Waals surface area contributed by atoms with Gasteiger partial charge in [-0.05, 0) is 259 Å². The largest absolute Gasteiger partial charge is 0.309 e. The molecule has 0 N–H and O–H groups in total. The van der Waals surface area contributed by atoms with Gasteiger partial charge in [-0.3, -0.25) is 0 Å². The molecule has 0 radical (unpaired) electrons. The molecule has 0 bridgehead atoms. The number of fused-ring (bicyclic) bond motifs is 18. The molecule has 0 aliphatic rings. The lowest BCUT2D eigenvalue weighted by atomic mass is 10.0. The van der Waals surface area contributed by atoms with Gasteiger partial charge in [-0.25, -0.2) is 0 Å². The molecular formula is C144H96N6. The third kappa shape index (κ3) is 15.4. The topological polar surface area (TPSA) is 29.6 Å². The molecule has 6 nitrogen and oxygen atoms in total. The summed E-state index contributed by atoms with van der Waals surface area (Å²) >= 11 is 0. The van der Waals surface area contributed by atoms with Gasteiger partial charge in [0.25, 0.3) is 0 Å². The Bertz CT molecular complexity index is 10400. The van der Waals surface area contributed by atoms with E-state index in [9.17, 15) is 0 Å². The quantitative estimate of drug-likeness (QED) is 0.0979. The standard InChI is InChI=1S/3C48H32N2/c1-3-14-33(15-4-1)35-18-13-19-38(30-35)49-45-24-11-8-21-40(45)42-31-36(26-28-47(42)49)37-27-29-48-43(32-37)41-22-9-12-25-46(41)50(48)44-23-10-7-20-39(44)34-16-5-2-6-17-34;1-3-13-33(14-4-1)34-23-27-38(28-24-34)49-45-21-11-8-18-40(45)42-31-36(25-29-47(42)49)37-26-30-48-43(32-37)41-19-9-12-22-46(41)50(48)44-20-10-7-17-39(44)35-15-5-2-6-16-35;1-3-12-33(13-4-1)35-22-26-39(27-23-35)49-45-20-9-7-18-41(45)43-31-37(24-28-47(43)49)38-25-29-48-44(32-38)42-19-8-10-21-46(42)50(48)40-17-11-16-36(30-40)34-14-5-2-6-15-34/h3*1-32H. The Morgan fingerprint density at radius 3 is 0.527 bits per heavy atom. The van der Waals surface area contributed by atoms with Gasteiger partial charge in [-0.1, -0.05) is 413 Å². The van der Waals surface area contributed by atoms with E-state index in [1.807, 2.05) is 0 Å². The zero-order valence-electron chi connectivity index (χ0n) is 82.1. The van der Waals surface area contributed by atoms with Gasteiger partial charge < -0.3 is 27.4 Å². The van der Waals surface area contributed by atoms with E-state index in [1.54, 1.807) is 0 Å². The molecule has 0 amide bonds. The minimum atomic E-state index is 1.16. The third-order valence-electron chi connectivity index (χ3n) is 30.4. The average Bonchev–Trinajstić information content (AvgIpc) is 1.58. The molecule has 0 atom stereocenters. The molecule has 30 aromatic rings. The zero-order chi connectivity index (χ0) is 99.1. The molecule has 150 heavy (non-hydrogen) atoms. The van der Waals surface area contributed by atoms with Gasteiger partial charge in [-0.2, -0.15) is 0 Å². The van der Waals surface area contributed by atoms with Gasteiger partial charge in [0, 0.05) is 98.5 Å². The Labute approximate surface area is 868 Å². The van der Waals surface area contributed by atoms with E-state index in [2.05, 4.69) is 610 Å².